The van der Waals surface area contributed by atoms with Gasteiger partial charge in [0, 0.05) is 61.7 Å². The Kier molecular flexibility index (Phi) is 6.58. The lowest BCUT2D eigenvalue weighted by Crippen LogP contribution is -2.57. The highest BCUT2D eigenvalue weighted by Crippen LogP contribution is 2.40. The number of carbonyl (C=O) groups is 1. The average molecular weight is 531 g/mol. The van der Waals surface area contributed by atoms with Crippen LogP contribution in [0, 0.1) is 5.41 Å². The maximum Gasteiger partial charge on any atom is 0.247 e. The molecule has 6 nitrogen and oxygen atoms in total. The Morgan fingerprint density at radius 2 is 1.73 bits per heavy atom. The van der Waals surface area contributed by atoms with Gasteiger partial charge in [0.2, 0.25) is 5.91 Å². The van der Waals surface area contributed by atoms with Crippen molar-refractivity contribution >= 4 is 35.0 Å². The fourth-order valence-corrected chi connectivity index (χ4v) is 6.47. The van der Waals surface area contributed by atoms with E-state index in [-0.39, 0.29) is 11.8 Å². The molecule has 4 heterocycles. The van der Waals surface area contributed by atoms with Crippen molar-refractivity contribution < 1.29 is 9.53 Å². The highest BCUT2D eigenvalue weighted by Gasteiger charge is 2.43. The predicted octanol–water partition coefficient (Wildman–Crippen LogP) is 5.64. The minimum Gasteiger partial charge on any atom is -0.381 e. The fraction of sp³-hybridized carbons (Fsp3) is 0.294. The molecule has 3 fully saturated rings. The van der Waals surface area contributed by atoms with Crippen LogP contribution in [0.3, 0.4) is 0 Å². The Morgan fingerprint density at radius 1 is 0.950 bits per heavy atom. The summed E-state index contributed by atoms with van der Waals surface area (Å²) in [5.41, 5.74) is 7.82. The number of H-pyrrole nitrogens is 1. The predicted molar refractivity (Wildman–Crippen MR) is 159 cm³/mol. The standard InChI is InChI=1S/C34H34N4O2/c39-33-29(30(20-35-33)27-4-2-1-3-5-27)18-26-10-12-28-31(36-37-32(28)19-26)13-11-24-6-8-25(9-7-24)21-38-22-34(23-38)14-16-40-17-15-34/h1-13,18-19,30H,14-17,20-23H2,(H,35,39)(H,36,37)/b13-11+,29-18?. The van der Waals surface area contributed by atoms with E-state index in [2.05, 4.69) is 87.2 Å². The topological polar surface area (TPSA) is 70.2 Å². The third-order valence-electron chi connectivity index (χ3n) is 8.74. The molecule has 2 N–H and O–H groups in total. The molecule has 40 heavy (non-hydrogen) atoms. The van der Waals surface area contributed by atoms with Gasteiger partial charge in [-0.05, 0) is 59.4 Å². The summed E-state index contributed by atoms with van der Waals surface area (Å²) in [5.74, 6) is 0.0619. The van der Waals surface area contributed by atoms with Gasteiger partial charge in [-0.25, -0.2) is 0 Å². The minimum atomic E-state index is 0.00122. The summed E-state index contributed by atoms with van der Waals surface area (Å²) in [6, 6.07) is 25.2. The van der Waals surface area contributed by atoms with E-state index in [0.717, 1.165) is 58.6 Å². The Bertz CT molecular complexity index is 1570. The molecule has 1 atom stereocenters. The van der Waals surface area contributed by atoms with Crippen LogP contribution in [0.15, 0.2) is 78.4 Å². The van der Waals surface area contributed by atoms with E-state index in [1.54, 1.807) is 0 Å². The summed E-state index contributed by atoms with van der Waals surface area (Å²) in [5, 5.41) is 11.8. The number of carbonyl (C=O) groups excluding carboxylic acids is 1. The highest BCUT2D eigenvalue weighted by atomic mass is 16.5. The fourth-order valence-electron chi connectivity index (χ4n) is 6.47. The number of nitrogens with one attached hydrogen (secondary N) is 2. The molecule has 3 aromatic carbocycles. The van der Waals surface area contributed by atoms with E-state index in [0.29, 0.717) is 12.0 Å². The zero-order chi connectivity index (χ0) is 26.9. The Morgan fingerprint density at radius 3 is 2.52 bits per heavy atom. The number of fused-ring (bicyclic) bond motifs is 1. The van der Waals surface area contributed by atoms with E-state index >= 15 is 0 Å². The normalized spacial score (nSPS) is 21.9. The van der Waals surface area contributed by atoms with Crippen LogP contribution < -0.4 is 5.32 Å². The van der Waals surface area contributed by atoms with E-state index in [1.807, 2.05) is 24.3 Å². The van der Waals surface area contributed by atoms with Crippen LogP contribution in [0.2, 0.25) is 0 Å². The molecular formula is C34H34N4O2. The van der Waals surface area contributed by atoms with Gasteiger partial charge < -0.3 is 10.1 Å². The summed E-state index contributed by atoms with van der Waals surface area (Å²) >= 11 is 0. The molecule has 0 bridgehead atoms. The Labute approximate surface area is 234 Å². The summed E-state index contributed by atoms with van der Waals surface area (Å²) in [6.07, 6.45) is 8.59. The molecule has 202 valence electrons. The van der Waals surface area contributed by atoms with Crippen LogP contribution in [0.1, 0.15) is 46.7 Å². The Hall–Kier alpha value is -4.00. The maximum atomic E-state index is 12.6. The van der Waals surface area contributed by atoms with Crippen molar-refractivity contribution in [3.63, 3.8) is 0 Å². The number of hydrogen-bond donors (Lipinski definition) is 2. The summed E-state index contributed by atoms with van der Waals surface area (Å²) in [6.45, 7) is 5.89. The highest BCUT2D eigenvalue weighted by molar-refractivity contribution is 6.02. The second kappa shape index (κ2) is 10.5. The molecule has 1 amide bonds. The molecule has 0 saturated carbocycles. The van der Waals surface area contributed by atoms with Gasteiger partial charge in [-0.3, -0.25) is 14.8 Å². The lowest BCUT2D eigenvalue weighted by Gasteiger charge is -2.52. The first-order chi connectivity index (χ1) is 19.6. The van der Waals surface area contributed by atoms with Gasteiger partial charge in [0.25, 0.3) is 0 Å². The third-order valence-corrected chi connectivity index (χ3v) is 8.74. The van der Waals surface area contributed by atoms with Crippen molar-refractivity contribution in [2.24, 2.45) is 5.41 Å². The molecule has 1 spiro atoms. The number of nitrogens with zero attached hydrogens (tertiary/aromatic N) is 2. The van der Waals surface area contributed by atoms with E-state index in [1.165, 1.54) is 31.5 Å². The van der Waals surface area contributed by atoms with E-state index in [9.17, 15) is 4.79 Å². The summed E-state index contributed by atoms with van der Waals surface area (Å²) in [7, 11) is 0. The molecule has 1 unspecified atom stereocenters. The van der Waals surface area contributed by atoms with Crippen LogP contribution in [-0.4, -0.2) is 53.9 Å². The molecular weight excluding hydrogens is 496 g/mol. The lowest BCUT2D eigenvalue weighted by atomic mass is 9.73. The van der Waals surface area contributed by atoms with Gasteiger partial charge in [-0.2, -0.15) is 5.10 Å². The SMILES string of the molecule is O=C1NCC(c2ccccc2)C1=Cc1ccc2c(/C=C/c3ccc(CN4CC5(CCOCC5)C4)cc3)n[nH]c2c1. The van der Waals surface area contributed by atoms with Gasteiger partial charge in [0.15, 0.2) is 0 Å². The molecule has 7 rings (SSSR count). The number of rotatable bonds is 6. The number of benzene rings is 3. The molecule has 3 aliphatic rings. The first kappa shape index (κ1) is 25.0. The van der Waals surface area contributed by atoms with Crippen molar-refractivity contribution in [2.45, 2.75) is 25.3 Å². The second-order valence-electron chi connectivity index (χ2n) is 11.5. The average Bonchev–Trinajstić information content (AvgIpc) is 3.55. The van der Waals surface area contributed by atoms with Crippen LogP contribution in [0.25, 0.3) is 29.1 Å². The third kappa shape index (κ3) is 5.01. The van der Waals surface area contributed by atoms with Gasteiger partial charge in [-0.15, -0.1) is 0 Å². The first-order valence-electron chi connectivity index (χ1n) is 14.2. The quantitative estimate of drug-likeness (QED) is 0.317. The van der Waals surface area contributed by atoms with Crippen LogP contribution in [0.5, 0.6) is 0 Å². The first-order valence-corrected chi connectivity index (χ1v) is 14.2. The second-order valence-corrected chi connectivity index (χ2v) is 11.5. The van der Waals surface area contributed by atoms with Gasteiger partial charge >= 0.3 is 0 Å². The molecule has 0 radical (unpaired) electrons. The van der Waals surface area contributed by atoms with Crippen molar-refractivity contribution in [3.05, 3.63) is 106 Å². The van der Waals surface area contributed by atoms with E-state index in [4.69, 9.17) is 4.74 Å². The van der Waals surface area contributed by atoms with Crippen molar-refractivity contribution in [3.8, 4) is 0 Å². The number of likely N-dealkylation sites (tertiary alicyclic amines) is 1. The summed E-state index contributed by atoms with van der Waals surface area (Å²) < 4.78 is 5.54. The van der Waals surface area contributed by atoms with Crippen LogP contribution in [0.4, 0.5) is 0 Å². The van der Waals surface area contributed by atoms with Gasteiger partial charge in [0.05, 0.1) is 11.2 Å². The number of aromatic amines is 1. The zero-order valence-corrected chi connectivity index (χ0v) is 22.6. The van der Waals surface area contributed by atoms with Crippen molar-refractivity contribution in [1.29, 1.82) is 0 Å². The van der Waals surface area contributed by atoms with Gasteiger partial charge in [0.1, 0.15) is 0 Å². The monoisotopic (exact) mass is 530 g/mol. The van der Waals surface area contributed by atoms with Gasteiger partial charge in [-0.1, -0.05) is 66.7 Å². The smallest absolute Gasteiger partial charge is 0.247 e. The van der Waals surface area contributed by atoms with E-state index < -0.39 is 0 Å². The van der Waals surface area contributed by atoms with Crippen LogP contribution in [-0.2, 0) is 16.1 Å². The van der Waals surface area contributed by atoms with Crippen LogP contribution >= 0.6 is 0 Å². The lowest BCUT2D eigenvalue weighted by molar-refractivity contribution is -0.116. The number of amides is 1. The largest absolute Gasteiger partial charge is 0.381 e. The number of hydrogen-bond acceptors (Lipinski definition) is 4. The number of ether oxygens (including phenoxy) is 1. The maximum absolute atomic E-state index is 12.6. The molecule has 6 heteroatoms. The van der Waals surface area contributed by atoms with Crippen molar-refractivity contribution in [1.82, 2.24) is 20.4 Å². The summed E-state index contributed by atoms with van der Waals surface area (Å²) in [4.78, 5) is 15.1. The zero-order valence-electron chi connectivity index (χ0n) is 22.6. The molecule has 1 aromatic heterocycles. The molecule has 0 aliphatic carbocycles. The molecule has 3 aliphatic heterocycles. The van der Waals surface area contributed by atoms with Crippen molar-refractivity contribution in [2.75, 3.05) is 32.8 Å². The number of aromatic nitrogens is 2. The molecule has 3 saturated heterocycles. The molecule has 4 aromatic rings. The Balaban J connectivity index is 1.02. The minimum absolute atomic E-state index is 0.00122.